The first kappa shape index (κ1) is 18.8. The van der Waals surface area contributed by atoms with Crippen LogP contribution < -0.4 is 5.73 Å². The lowest BCUT2D eigenvalue weighted by Crippen LogP contribution is -2.45. The number of carboxylic acids is 1. The molecule has 0 saturated carbocycles. The Hall–Kier alpha value is -2.94. The van der Waals surface area contributed by atoms with Crippen LogP contribution in [0.4, 0.5) is 0 Å². The van der Waals surface area contributed by atoms with Crippen molar-refractivity contribution in [3.05, 3.63) is 35.4 Å². The van der Waals surface area contributed by atoms with Gasteiger partial charge in [0, 0.05) is 25.1 Å². The molecule has 1 saturated heterocycles. The van der Waals surface area contributed by atoms with Crippen LogP contribution in [0.2, 0.25) is 0 Å². The smallest absolute Gasteiger partial charge is 0.329 e. The zero-order chi connectivity index (χ0) is 19.4. The number of benzene rings is 1. The van der Waals surface area contributed by atoms with Crippen LogP contribution in [0, 0.1) is 5.41 Å². The molecule has 9 nitrogen and oxygen atoms in total. The van der Waals surface area contributed by atoms with Gasteiger partial charge in [0.15, 0.2) is 0 Å². The highest BCUT2D eigenvalue weighted by molar-refractivity contribution is 6.05. The summed E-state index contributed by atoms with van der Waals surface area (Å²) < 4.78 is 5.28. The van der Waals surface area contributed by atoms with Crippen LogP contribution in [0.3, 0.4) is 0 Å². The summed E-state index contributed by atoms with van der Waals surface area (Å²) in [4.78, 5) is 30.2. The number of carboxylic acid groups (broad SMARTS) is 1. The quantitative estimate of drug-likeness (QED) is 0.491. The van der Waals surface area contributed by atoms with E-state index in [1.54, 1.807) is 29.2 Å². The summed E-state index contributed by atoms with van der Waals surface area (Å²) in [6.45, 7) is 0.696. The summed E-state index contributed by atoms with van der Waals surface area (Å²) in [6, 6.07) is 7.07. The number of nitrogens with one attached hydrogen (secondary N) is 1. The second-order valence-electron chi connectivity index (χ2n) is 6.56. The van der Waals surface area contributed by atoms with Gasteiger partial charge < -0.3 is 25.3 Å². The molecule has 9 heteroatoms. The number of carbonyl (C=O) groups is 2. The molecule has 2 aliphatic heterocycles. The maximum Gasteiger partial charge on any atom is 0.329 e. The highest BCUT2D eigenvalue weighted by Crippen LogP contribution is 2.21. The van der Waals surface area contributed by atoms with Gasteiger partial charge in [0.25, 0.3) is 5.91 Å². The van der Waals surface area contributed by atoms with E-state index in [0.717, 1.165) is 5.56 Å². The van der Waals surface area contributed by atoms with Gasteiger partial charge in [0.05, 0.1) is 11.8 Å². The average molecular weight is 374 g/mol. The second kappa shape index (κ2) is 8.17. The first-order valence-corrected chi connectivity index (χ1v) is 8.73. The minimum absolute atomic E-state index is 0.00467. The molecule has 1 amide bonds. The Bertz CT molecular complexity index is 754. The van der Waals surface area contributed by atoms with Crippen molar-refractivity contribution in [1.82, 2.24) is 4.90 Å². The third-order valence-electron chi connectivity index (χ3n) is 4.67. The van der Waals surface area contributed by atoms with Gasteiger partial charge in [0.1, 0.15) is 12.4 Å². The van der Waals surface area contributed by atoms with Crippen LogP contribution in [-0.4, -0.2) is 65.3 Å². The zero-order valence-electron chi connectivity index (χ0n) is 14.8. The number of amidine groups is 1. The number of amides is 1. The third-order valence-corrected chi connectivity index (χ3v) is 4.67. The number of rotatable bonds is 6. The number of carbonyl (C=O) groups excluding carboxylic acids is 1. The minimum atomic E-state index is -0.992. The number of nitrogen functional groups attached to an aromatic ring is 1. The fourth-order valence-electron chi connectivity index (χ4n) is 3.16. The summed E-state index contributed by atoms with van der Waals surface area (Å²) in [5, 5.41) is 20.1. The van der Waals surface area contributed by atoms with E-state index >= 15 is 0 Å². The van der Waals surface area contributed by atoms with Gasteiger partial charge in [-0.2, -0.15) is 0 Å². The van der Waals surface area contributed by atoms with E-state index in [1.165, 1.54) is 0 Å². The first-order chi connectivity index (χ1) is 12.9. The Labute approximate surface area is 156 Å². The van der Waals surface area contributed by atoms with Gasteiger partial charge in [-0.25, -0.2) is 4.79 Å². The Balaban J connectivity index is 1.50. The predicted molar refractivity (Wildman–Crippen MR) is 96.7 cm³/mol. The maximum absolute atomic E-state index is 12.6. The molecule has 1 atom stereocenters. The highest BCUT2D eigenvalue weighted by atomic mass is 16.6. The topological polar surface area (TPSA) is 138 Å². The largest absolute Gasteiger partial charge is 0.480 e. The highest BCUT2D eigenvalue weighted by Gasteiger charge is 2.34. The zero-order valence-corrected chi connectivity index (χ0v) is 14.8. The molecule has 3 rings (SSSR count). The summed E-state index contributed by atoms with van der Waals surface area (Å²) in [5.74, 6) is -1.12. The molecule has 1 aromatic carbocycles. The van der Waals surface area contributed by atoms with Crippen molar-refractivity contribution in [2.75, 3.05) is 19.7 Å². The molecule has 0 spiro atoms. The van der Waals surface area contributed by atoms with Gasteiger partial charge in [-0.05, 0) is 18.4 Å². The number of aliphatic carboxylic acids is 1. The van der Waals surface area contributed by atoms with E-state index in [-0.39, 0.29) is 24.5 Å². The van der Waals surface area contributed by atoms with Crippen LogP contribution >= 0.6 is 0 Å². The van der Waals surface area contributed by atoms with Crippen molar-refractivity contribution in [2.24, 2.45) is 10.9 Å². The molecule has 2 heterocycles. The predicted octanol–water partition coefficient (Wildman–Crippen LogP) is 0.556. The molecule has 4 N–H and O–H groups in total. The van der Waals surface area contributed by atoms with Crippen LogP contribution in [0.25, 0.3) is 0 Å². The summed E-state index contributed by atoms with van der Waals surface area (Å²) in [6.07, 6.45) is 0.802. The van der Waals surface area contributed by atoms with E-state index in [4.69, 9.17) is 25.8 Å². The number of hydrogen-bond donors (Lipinski definition) is 3. The van der Waals surface area contributed by atoms with E-state index < -0.39 is 12.1 Å². The molecule has 0 bridgehead atoms. The lowest BCUT2D eigenvalue weighted by molar-refractivity contribution is -0.149. The van der Waals surface area contributed by atoms with Crippen molar-refractivity contribution >= 4 is 23.4 Å². The second-order valence-corrected chi connectivity index (χ2v) is 6.56. The lowest BCUT2D eigenvalue weighted by atomic mass is 10.0. The molecular formula is C18H22N4O5. The molecule has 2 aliphatic rings. The molecule has 0 radical (unpaired) electrons. The van der Waals surface area contributed by atoms with Gasteiger partial charge >= 0.3 is 5.97 Å². The number of likely N-dealkylation sites (tertiary alicyclic amines) is 1. The molecule has 27 heavy (non-hydrogen) atoms. The normalized spacial score (nSPS) is 20.1. The van der Waals surface area contributed by atoms with E-state index in [2.05, 4.69) is 5.16 Å². The Morgan fingerprint density at radius 1 is 1.30 bits per heavy atom. The number of nitrogens with zero attached hydrogens (tertiary/aromatic N) is 2. The summed E-state index contributed by atoms with van der Waals surface area (Å²) >= 11 is 0. The molecule has 0 aromatic heterocycles. The minimum Gasteiger partial charge on any atom is -0.480 e. The molecule has 1 aromatic rings. The number of ether oxygens (including phenoxy) is 1. The number of nitrogens with two attached hydrogens (primary N) is 1. The Kier molecular flexibility index (Phi) is 5.70. The maximum atomic E-state index is 12.6. The van der Waals surface area contributed by atoms with Crippen LogP contribution in [0.5, 0.6) is 0 Å². The Morgan fingerprint density at radius 2 is 1.96 bits per heavy atom. The molecule has 1 fully saturated rings. The monoisotopic (exact) mass is 374 g/mol. The van der Waals surface area contributed by atoms with Crippen molar-refractivity contribution < 1.29 is 24.3 Å². The number of hydrogen-bond acceptors (Lipinski definition) is 6. The first-order valence-electron chi connectivity index (χ1n) is 8.73. The molecule has 144 valence electrons. The van der Waals surface area contributed by atoms with Gasteiger partial charge in [-0.3, -0.25) is 10.2 Å². The molecule has 0 aliphatic carbocycles. The van der Waals surface area contributed by atoms with E-state index in [9.17, 15) is 9.59 Å². The van der Waals surface area contributed by atoms with E-state index in [1.807, 2.05) is 0 Å². The van der Waals surface area contributed by atoms with Gasteiger partial charge in [-0.15, -0.1) is 0 Å². The summed E-state index contributed by atoms with van der Waals surface area (Å²) in [7, 11) is 0. The molecule has 1 unspecified atom stereocenters. The summed E-state index contributed by atoms with van der Waals surface area (Å²) in [5.41, 5.74) is 7.58. The van der Waals surface area contributed by atoms with Crippen molar-refractivity contribution in [2.45, 2.75) is 31.5 Å². The number of oxime groups is 1. The van der Waals surface area contributed by atoms with Crippen LogP contribution in [0.1, 0.15) is 30.4 Å². The van der Waals surface area contributed by atoms with Crippen molar-refractivity contribution in [3.8, 4) is 0 Å². The fourth-order valence-corrected chi connectivity index (χ4v) is 3.16. The Morgan fingerprint density at radius 3 is 2.56 bits per heavy atom. The van der Waals surface area contributed by atoms with Crippen molar-refractivity contribution in [3.63, 3.8) is 0 Å². The van der Waals surface area contributed by atoms with Crippen molar-refractivity contribution in [1.29, 1.82) is 5.41 Å². The SMILES string of the molecule is N=C(N)c1ccc(C2=NOC(C(=O)N3CCC(OCC(=O)O)CC3)C2)cc1. The third kappa shape index (κ3) is 4.62. The average Bonchev–Trinajstić information content (AvgIpc) is 3.16. The number of piperidine rings is 1. The standard InChI is InChI=1S/C18H22N4O5/c19-17(20)12-3-1-11(2-4-12)14-9-15(27-21-14)18(25)22-7-5-13(6-8-22)26-10-16(23)24/h1-4,13,15H,5-10H2,(H3,19,20)(H,23,24). The lowest BCUT2D eigenvalue weighted by Gasteiger charge is -2.32. The van der Waals surface area contributed by atoms with Gasteiger partial charge in [-0.1, -0.05) is 29.4 Å². The van der Waals surface area contributed by atoms with E-state index in [0.29, 0.717) is 43.6 Å². The van der Waals surface area contributed by atoms with Crippen LogP contribution in [-0.2, 0) is 19.2 Å². The van der Waals surface area contributed by atoms with Gasteiger partial charge in [0.2, 0.25) is 6.10 Å². The fraction of sp³-hybridized carbons (Fsp3) is 0.444. The molecular weight excluding hydrogens is 352 g/mol. The van der Waals surface area contributed by atoms with Crippen LogP contribution in [0.15, 0.2) is 29.4 Å².